The maximum absolute atomic E-state index is 12.6. The molecule has 3 rings (SSSR count). The number of carboxylic acid groups (broad SMARTS) is 1. The monoisotopic (exact) mass is 510 g/mol. The maximum Gasteiger partial charge on any atom is 0.317 e. The number of carbonyl (C=O) groups is 1. The lowest BCUT2D eigenvalue weighted by atomic mass is 9.77. The number of hydrogen-bond donors (Lipinski definition) is 1. The fourth-order valence-electron chi connectivity index (χ4n) is 6.08. The van der Waals surface area contributed by atoms with Crippen LogP contribution in [0.25, 0.3) is 11.1 Å². The van der Waals surface area contributed by atoms with Gasteiger partial charge in [-0.05, 0) is 80.2 Å². The van der Waals surface area contributed by atoms with Gasteiger partial charge in [0, 0.05) is 19.8 Å². The topological polar surface area (TPSA) is 65.0 Å². The smallest absolute Gasteiger partial charge is 0.317 e. The van der Waals surface area contributed by atoms with E-state index in [0.29, 0.717) is 38.6 Å². The highest BCUT2D eigenvalue weighted by Crippen LogP contribution is 2.45. The van der Waals surface area contributed by atoms with Gasteiger partial charge in [0.2, 0.25) is 0 Å². The number of unbranched alkanes of at least 4 members (excludes halogenated alkanes) is 3. The molecule has 0 saturated heterocycles. The highest BCUT2D eigenvalue weighted by molar-refractivity contribution is 5.78. The third-order valence-electron chi connectivity index (χ3n) is 8.01. The van der Waals surface area contributed by atoms with Gasteiger partial charge in [0.05, 0.1) is 0 Å². The first kappa shape index (κ1) is 29.3. The minimum Gasteiger partial charge on any atom is -0.481 e. The zero-order chi connectivity index (χ0) is 26.9. The Morgan fingerprint density at radius 1 is 0.865 bits per heavy atom. The first-order chi connectivity index (χ1) is 17.9. The van der Waals surface area contributed by atoms with Crippen LogP contribution < -0.4 is 0 Å². The van der Waals surface area contributed by atoms with Crippen molar-refractivity contribution in [2.24, 2.45) is 5.41 Å². The molecular weight excluding hydrogens is 464 g/mol. The second kappa shape index (κ2) is 13.5. The van der Waals surface area contributed by atoms with Crippen molar-refractivity contribution >= 4 is 5.97 Å². The van der Waals surface area contributed by atoms with Gasteiger partial charge >= 0.3 is 5.97 Å². The maximum atomic E-state index is 12.6. The molecule has 0 heterocycles. The summed E-state index contributed by atoms with van der Waals surface area (Å²) in [4.78, 5) is 12.6. The standard InChI is InChI=1S/C32H46O5/c1-6-31(30(33)34,32(35-7-2,36-8-3)37-9-4)22-15-11-10-12-17-24(5)26-20-16-21-28-27-19-14-13-18-25(27)23-29(26)28/h13-14,16,18-21,24H,6-12,15,17,22-23H2,1-5H3,(H,33,34). The number of aliphatic carboxylic acids is 1. The Labute approximate surface area is 223 Å². The molecule has 1 aliphatic carbocycles. The number of rotatable bonds is 17. The van der Waals surface area contributed by atoms with E-state index in [4.69, 9.17) is 14.2 Å². The lowest BCUT2D eigenvalue weighted by Crippen LogP contribution is -2.58. The van der Waals surface area contributed by atoms with Gasteiger partial charge in [0.25, 0.3) is 5.97 Å². The van der Waals surface area contributed by atoms with Gasteiger partial charge in [-0.2, -0.15) is 0 Å². The van der Waals surface area contributed by atoms with Gasteiger partial charge in [0.15, 0.2) is 0 Å². The molecule has 5 heteroatoms. The minimum atomic E-state index is -1.56. The van der Waals surface area contributed by atoms with Crippen molar-refractivity contribution < 1.29 is 24.1 Å². The van der Waals surface area contributed by atoms with E-state index in [-0.39, 0.29) is 0 Å². The first-order valence-electron chi connectivity index (χ1n) is 14.2. The average molecular weight is 511 g/mol. The van der Waals surface area contributed by atoms with Gasteiger partial charge in [-0.3, -0.25) is 4.79 Å². The summed E-state index contributed by atoms with van der Waals surface area (Å²) < 4.78 is 17.8. The number of benzene rings is 2. The van der Waals surface area contributed by atoms with Gasteiger partial charge < -0.3 is 19.3 Å². The Hall–Kier alpha value is -2.21. The van der Waals surface area contributed by atoms with E-state index < -0.39 is 17.4 Å². The quantitative estimate of drug-likeness (QED) is 0.147. The van der Waals surface area contributed by atoms with Crippen LogP contribution >= 0.6 is 0 Å². The van der Waals surface area contributed by atoms with Crippen LogP contribution in [0, 0.1) is 5.41 Å². The second-order valence-electron chi connectivity index (χ2n) is 10.2. The number of fused-ring (bicyclic) bond motifs is 3. The highest BCUT2D eigenvalue weighted by atomic mass is 16.9. The molecule has 204 valence electrons. The van der Waals surface area contributed by atoms with Crippen LogP contribution in [0.5, 0.6) is 0 Å². The highest BCUT2D eigenvalue weighted by Gasteiger charge is 2.59. The molecule has 2 aromatic carbocycles. The third kappa shape index (κ3) is 6.10. The van der Waals surface area contributed by atoms with E-state index in [2.05, 4.69) is 49.4 Å². The molecule has 1 N–H and O–H groups in total. The van der Waals surface area contributed by atoms with Crippen LogP contribution in [0.2, 0.25) is 0 Å². The molecule has 1 aliphatic rings. The summed E-state index contributed by atoms with van der Waals surface area (Å²) in [5, 5.41) is 10.3. The van der Waals surface area contributed by atoms with E-state index in [1.54, 1.807) is 0 Å². The predicted octanol–water partition coefficient (Wildman–Crippen LogP) is 7.95. The zero-order valence-electron chi connectivity index (χ0n) is 23.5. The Kier molecular flexibility index (Phi) is 10.7. The van der Waals surface area contributed by atoms with Crippen LogP contribution in [0.4, 0.5) is 0 Å². The lowest BCUT2D eigenvalue weighted by Gasteiger charge is -2.45. The van der Waals surface area contributed by atoms with Crippen LogP contribution in [0.3, 0.4) is 0 Å². The van der Waals surface area contributed by atoms with Gasteiger partial charge in [-0.25, -0.2) is 0 Å². The predicted molar refractivity (Wildman–Crippen MR) is 149 cm³/mol. The number of ether oxygens (including phenoxy) is 3. The summed E-state index contributed by atoms with van der Waals surface area (Å²) in [6.07, 6.45) is 6.95. The molecule has 0 aromatic heterocycles. The minimum absolute atomic E-state index is 0.321. The van der Waals surface area contributed by atoms with E-state index in [0.717, 1.165) is 38.5 Å². The second-order valence-corrected chi connectivity index (χ2v) is 10.2. The summed E-state index contributed by atoms with van der Waals surface area (Å²) in [6.45, 7) is 10.7. The molecule has 0 spiro atoms. The van der Waals surface area contributed by atoms with Crippen molar-refractivity contribution in [3.63, 3.8) is 0 Å². The average Bonchev–Trinajstić information content (AvgIpc) is 3.27. The third-order valence-corrected chi connectivity index (χ3v) is 8.01. The molecular formula is C32H46O5. The molecule has 37 heavy (non-hydrogen) atoms. The first-order valence-corrected chi connectivity index (χ1v) is 14.2. The summed E-state index contributed by atoms with van der Waals surface area (Å²) in [5.74, 6) is -1.98. The summed E-state index contributed by atoms with van der Waals surface area (Å²) in [6, 6.07) is 15.5. The zero-order valence-corrected chi connectivity index (χ0v) is 23.5. The Bertz CT molecular complexity index is 999. The molecule has 2 aromatic rings. The van der Waals surface area contributed by atoms with Gasteiger partial charge in [-0.15, -0.1) is 0 Å². The molecule has 0 aliphatic heterocycles. The van der Waals surface area contributed by atoms with E-state index in [1.807, 2.05) is 27.7 Å². The molecule has 5 nitrogen and oxygen atoms in total. The van der Waals surface area contributed by atoms with E-state index in [1.165, 1.54) is 27.8 Å². The Balaban J connectivity index is 1.57. The fourth-order valence-corrected chi connectivity index (χ4v) is 6.08. The van der Waals surface area contributed by atoms with E-state index in [9.17, 15) is 9.90 Å². The van der Waals surface area contributed by atoms with Crippen molar-refractivity contribution in [1.82, 2.24) is 0 Å². The molecule has 2 atom stereocenters. The normalized spacial score (nSPS) is 15.2. The largest absolute Gasteiger partial charge is 0.481 e. The summed E-state index contributed by atoms with van der Waals surface area (Å²) in [7, 11) is 0. The van der Waals surface area contributed by atoms with Crippen molar-refractivity contribution in [3.8, 4) is 11.1 Å². The molecule has 0 amide bonds. The Morgan fingerprint density at radius 2 is 1.49 bits per heavy atom. The van der Waals surface area contributed by atoms with Crippen molar-refractivity contribution in [3.05, 3.63) is 59.2 Å². The van der Waals surface area contributed by atoms with Crippen molar-refractivity contribution in [1.29, 1.82) is 0 Å². The van der Waals surface area contributed by atoms with Crippen molar-refractivity contribution in [2.45, 2.75) is 97.9 Å². The summed E-state index contributed by atoms with van der Waals surface area (Å²) in [5.41, 5.74) is 5.92. The molecule has 0 radical (unpaired) electrons. The number of hydrogen-bond acceptors (Lipinski definition) is 4. The lowest BCUT2D eigenvalue weighted by molar-refractivity contribution is -0.422. The summed E-state index contributed by atoms with van der Waals surface area (Å²) >= 11 is 0. The fraction of sp³-hybridized carbons (Fsp3) is 0.594. The van der Waals surface area contributed by atoms with Crippen LogP contribution in [-0.4, -0.2) is 36.9 Å². The Morgan fingerprint density at radius 3 is 2.11 bits per heavy atom. The molecule has 2 unspecified atom stereocenters. The van der Waals surface area contributed by atoms with Gasteiger partial charge in [-0.1, -0.05) is 82.0 Å². The van der Waals surface area contributed by atoms with Crippen molar-refractivity contribution in [2.75, 3.05) is 19.8 Å². The van der Waals surface area contributed by atoms with Crippen LogP contribution in [-0.2, 0) is 25.4 Å². The molecule has 0 fully saturated rings. The van der Waals surface area contributed by atoms with Gasteiger partial charge in [0.1, 0.15) is 5.41 Å². The van der Waals surface area contributed by atoms with E-state index >= 15 is 0 Å². The SMILES string of the molecule is CCOC(OCC)(OCC)C(CC)(CCCCCCC(C)c1cccc2c1Cc1ccccc1-2)C(=O)O. The van der Waals surface area contributed by atoms with Crippen LogP contribution in [0.15, 0.2) is 42.5 Å². The molecule has 0 saturated carbocycles. The van der Waals surface area contributed by atoms with Crippen LogP contribution in [0.1, 0.15) is 102 Å². The number of carboxylic acids is 1. The molecule has 0 bridgehead atoms.